The third kappa shape index (κ3) is 3.06. The minimum absolute atomic E-state index is 0.291. The summed E-state index contributed by atoms with van der Waals surface area (Å²) in [7, 11) is 0. The van der Waals surface area contributed by atoms with Crippen LogP contribution >= 0.6 is 11.6 Å². The molecule has 0 saturated heterocycles. The molecule has 0 heterocycles. The normalized spacial score (nSPS) is 9.50. The van der Waals surface area contributed by atoms with Gasteiger partial charge in [-0.05, 0) is 18.2 Å². The second-order valence-corrected chi connectivity index (χ2v) is 2.99. The van der Waals surface area contributed by atoms with Crippen LogP contribution < -0.4 is 5.73 Å². The SMILES string of the molecule is NC(=O)COC(=O)c1cccc(Cl)c1. The maximum absolute atomic E-state index is 11.2. The van der Waals surface area contributed by atoms with E-state index in [4.69, 9.17) is 17.3 Å². The molecule has 1 aromatic carbocycles. The Morgan fingerprint density at radius 2 is 2.14 bits per heavy atom. The predicted octanol–water partition coefficient (Wildman–Crippen LogP) is 0.982. The first kappa shape index (κ1) is 10.5. The van der Waals surface area contributed by atoms with Crippen molar-refractivity contribution in [3.63, 3.8) is 0 Å². The van der Waals surface area contributed by atoms with Crippen LogP contribution in [-0.4, -0.2) is 18.5 Å². The van der Waals surface area contributed by atoms with Crippen LogP contribution in [0.25, 0.3) is 0 Å². The molecule has 1 rings (SSSR count). The van der Waals surface area contributed by atoms with Gasteiger partial charge in [0.2, 0.25) is 0 Å². The molecule has 0 aromatic heterocycles. The average Bonchev–Trinajstić information content (AvgIpc) is 2.14. The molecule has 1 aromatic rings. The Morgan fingerprint density at radius 1 is 1.43 bits per heavy atom. The van der Waals surface area contributed by atoms with Gasteiger partial charge >= 0.3 is 5.97 Å². The van der Waals surface area contributed by atoms with E-state index in [1.165, 1.54) is 12.1 Å². The minimum atomic E-state index is -0.694. The van der Waals surface area contributed by atoms with Gasteiger partial charge in [0.1, 0.15) is 0 Å². The average molecular weight is 214 g/mol. The van der Waals surface area contributed by atoms with E-state index < -0.39 is 18.5 Å². The van der Waals surface area contributed by atoms with Gasteiger partial charge in [-0.25, -0.2) is 4.79 Å². The van der Waals surface area contributed by atoms with Crippen molar-refractivity contribution in [2.24, 2.45) is 5.73 Å². The number of nitrogens with two attached hydrogens (primary N) is 1. The largest absolute Gasteiger partial charge is 0.452 e. The first-order valence-electron chi connectivity index (χ1n) is 3.80. The van der Waals surface area contributed by atoms with Crippen LogP contribution in [0.2, 0.25) is 5.02 Å². The number of hydrogen-bond acceptors (Lipinski definition) is 3. The molecule has 0 unspecified atom stereocenters. The predicted molar refractivity (Wildman–Crippen MR) is 50.9 cm³/mol. The Labute approximate surface area is 85.6 Å². The first-order chi connectivity index (χ1) is 6.59. The number of rotatable bonds is 3. The summed E-state index contributed by atoms with van der Waals surface area (Å²) in [5.74, 6) is -1.31. The molecule has 0 atom stereocenters. The fourth-order valence-electron chi connectivity index (χ4n) is 0.835. The van der Waals surface area contributed by atoms with Gasteiger partial charge in [-0.2, -0.15) is 0 Å². The van der Waals surface area contributed by atoms with Gasteiger partial charge in [-0.15, -0.1) is 0 Å². The summed E-state index contributed by atoms with van der Waals surface area (Å²) in [6.07, 6.45) is 0. The smallest absolute Gasteiger partial charge is 0.338 e. The second kappa shape index (κ2) is 4.62. The van der Waals surface area contributed by atoms with Crippen LogP contribution in [0.3, 0.4) is 0 Å². The Bertz CT molecular complexity index is 365. The van der Waals surface area contributed by atoms with Crippen LogP contribution in [0.5, 0.6) is 0 Å². The molecule has 0 aliphatic heterocycles. The third-order valence-electron chi connectivity index (χ3n) is 1.41. The molecule has 0 radical (unpaired) electrons. The quantitative estimate of drug-likeness (QED) is 0.761. The molecule has 1 amide bonds. The van der Waals surface area contributed by atoms with E-state index >= 15 is 0 Å². The maximum atomic E-state index is 11.2. The number of ether oxygens (including phenoxy) is 1. The lowest BCUT2D eigenvalue weighted by molar-refractivity contribution is -0.121. The van der Waals surface area contributed by atoms with Crippen LogP contribution in [0, 0.1) is 0 Å². The van der Waals surface area contributed by atoms with Crippen molar-refractivity contribution in [1.29, 1.82) is 0 Å². The highest BCUT2D eigenvalue weighted by molar-refractivity contribution is 6.30. The van der Waals surface area contributed by atoms with Crippen molar-refractivity contribution in [3.8, 4) is 0 Å². The molecule has 0 bridgehead atoms. The van der Waals surface area contributed by atoms with E-state index in [2.05, 4.69) is 4.74 Å². The standard InChI is InChI=1S/C9H8ClNO3/c10-7-3-1-2-6(4-7)9(13)14-5-8(11)12/h1-4H,5H2,(H2,11,12). The molecule has 14 heavy (non-hydrogen) atoms. The van der Waals surface area contributed by atoms with Crippen molar-refractivity contribution in [1.82, 2.24) is 0 Å². The number of carbonyl (C=O) groups excluding carboxylic acids is 2. The molecular formula is C9H8ClNO3. The Morgan fingerprint density at radius 3 is 2.71 bits per heavy atom. The third-order valence-corrected chi connectivity index (χ3v) is 1.64. The molecule has 0 aliphatic rings. The highest BCUT2D eigenvalue weighted by Crippen LogP contribution is 2.11. The molecule has 74 valence electrons. The number of esters is 1. The van der Waals surface area contributed by atoms with Gasteiger partial charge in [0.15, 0.2) is 6.61 Å². The Kier molecular flexibility index (Phi) is 3.48. The molecule has 4 nitrogen and oxygen atoms in total. The van der Waals surface area contributed by atoms with E-state index in [-0.39, 0.29) is 0 Å². The van der Waals surface area contributed by atoms with Gasteiger partial charge in [0.05, 0.1) is 5.56 Å². The number of amides is 1. The summed E-state index contributed by atoms with van der Waals surface area (Å²) < 4.78 is 4.57. The van der Waals surface area contributed by atoms with Crippen molar-refractivity contribution in [2.75, 3.05) is 6.61 Å². The summed E-state index contributed by atoms with van der Waals surface area (Å²) in [4.78, 5) is 21.5. The van der Waals surface area contributed by atoms with E-state index in [1.807, 2.05) is 0 Å². The number of benzene rings is 1. The molecule has 0 saturated carbocycles. The number of carbonyl (C=O) groups is 2. The molecule has 2 N–H and O–H groups in total. The molecular weight excluding hydrogens is 206 g/mol. The summed E-state index contributed by atoms with van der Waals surface area (Å²) >= 11 is 5.65. The lowest BCUT2D eigenvalue weighted by Crippen LogP contribution is -2.20. The zero-order valence-corrected chi connectivity index (χ0v) is 7.95. The van der Waals surface area contributed by atoms with E-state index in [9.17, 15) is 9.59 Å². The van der Waals surface area contributed by atoms with Crippen LogP contribution in [-0.2, 0) is 9.53 Å². The fourth-order valence-corrected chi connectivity index (χ4v) is 1.03. The summed E-state index contributed by atoms with van der Waals surface area (Å²) in [6, 6.07) is 6.23. The monoisotopic (exact) mass is 213 g/mol. The van der Waals surface area contributed by atoms with Crippen LogP contribution in [0.15, 0.2) is 24.3 Å². The van der Waals surface area contributed by atoms with Gasteiger partial charge in [-0.3, -0.25) is 4.79 Å². The molecule has 0 fully saturated rings. The molecule has 0 spiro atoms. The van der Waals surface area contributed by atoms with Crippen molar-refractivity contribution < 1.29 is 14.3 Å². The van der Waals surface area contributed by atoms with Crippen molar-refractivity contribution in [2.45, 2.75) is 0 Å². The highest BCUT2D eigenvalue weighted by atomic mass is 35.5. The minimum Gasteiger partial charge on any atom is -0.452 e. The van der Waals surface area contributed by atoms with Gasteiger partial charge in [0, 0.05) is 5.02 Å². The summed E-state index contributed by atoms with van der Waals surface area (Å²) in [5, 5.41) is 0.429. The zero-order chi connectivity index (χ0) is 10.6. The van der Waals surface area contributed by atoms with E-state index in [1.54, 1.807) is 12.1 Å². The molecule has 5 heteroatoms. The van der Waals surface area contributed by atoms with Crippen LogP contribution in [0.4, 0.5) is 0 Å². The number of halogens is 1. The number of primary amides is 1. The van der Waals surface area contributed by atoms with Gasteiger partial charge in [0.25, 0.3) is 5.91 Å². The highest BCUT2D eigenvalue weighted by Gasteiger charge is 2.08. The van der Waals surface area contributed by atoms with Gasteiger partial charge in [-0.1, -0.05) is 17.7 Å². The Hall–Kier alpha value is -1.55. The van der Waals surface area contributed by atoms with Gasteiger partial charge < -0.3 is 10.5 Å². The van der Waals surface area contributed by atoms with Crippen LogP contribution in [0.1, 0.15) is 10.4 Å². The second-order valence-electron chi connectivity index (χ2n) is 2.55. The number of hydrogen-bond donors (Lipinski definition) is 1. The van der Waals surface area contributed by atoms with Crippen molar-refractivity contribution in [3.05, 3.63) is 34.9 Å². The fraction of sp³-hybridized carbons (Fsp3) is 0.111. The topological polar surface area (TPSA) is 69.4 Å². The zero-order valence-electron chi connectivity index (χ0n) is 7.20. The van der Waals surface area contributed by atoms with E-state index in [0.29, 0.717) is 10.6 Å². The summed E-state index contributed by atoms with van der Waals surface area (Å²) in [5.41, 5.74) is 5.10. The Balaban J connectivity index is 2.65. The lowest BCUT2D eigenvalue weighted by Gasteiger charge is -2.01. The molecule has 0 aliphatic carbocycles. The lowest BCUT2D eigenvalue weighted by atomic mass is 10.2. The van der Waals surface area contributed by atoms with E-state index in [0.717, 1.165) is 0 Å². The maximum Gasteiger partial charge on any atom is 0.338 e. The first-order valence-corrected chi connectivity index (χ1v) is 4.18. The van der Waals surface area contributed by atoms with Crippen molar-refractivity contribution >= 4 is 23.5 Å². The summed E-state index contributed by atoms with van der Waals surface area (Å²) in [6.45, 7) is -0.425.